The second-order valence-electron chi connectivity index (χ2n) is 6.83. The minimum absolute atomic E-state index is 0.288. The molecule has 1 aliphatic rings. The Balaban J connectivity index is 1.51. The van der Waals surface area contributed by atoms with Gasteiger partial charge in [-0.2, -0.15) is 5.10 Å². The van der Waals surface area contributed by atoms with E-state index in [2.05, 4.69) is 52.7 Å². The number of hydrogen-bond acceptors (Lipinski definition) is 4. The molecule has 0 aliphatic carbocycles. The Hall–Kier alpha value is -1.85. The summed E-state index contributed by atoms with van der Waals surface area (Å²) in [5.74, 6) is 0.485. The van der Waals surface area contributed by atoms with Gasteiger partial charge in [-0.1, -0.05) is 12.1 Å². The molecule has 1 unspecified atom stereocenters. The number of nitrogens with one attached hydrogen (secondary N) is 1. The predicted octanol–water partition coefficient (Wildman–Crippen LogP) is 2.48. The summed E-state index contributed by atoms with van der Waals surface area (Å²) in [4.78, 5) is 2.42. The highest BCUT2D eigenvalue weighted by Crippen LogP contribution is 2.23. The van der Waals surface area contributed by atoms with Crippen LogP contribution in [0.3, 0.4) is 0 Å². The Morgan fingerprint density at radius 2 is 1.96 bits per heavy atom. The van der Waals surface area contributed by atoms with Crippen LogP contribution < -0.4 is 10.2 Å². The molecule has 0 bridgehead atoms. The summed E-state index contributed by atoms with van der Waals surface area (Å²) in [6.45, 7) is 5.43. The van der Waals surface area contributed by atoms with Crippen molar-refractivity contribution in [3.05, 3.63) is 47.8 Å². The normalized spacial score (nSPS) is 17.2. The van der Waals surface area contributed by atoms with E-state index in [1.165, 1.54) is 16.8 Å². The zero-order valence-corrected chi connectivity index (χ0v) is 14.7. The van der Waals surface area contributed by atoms with Crippen molar-refractivity contribution in [2.45, 2.75) is 32.4 Å². The van der Waals surface area contributed by atoms with Crippen molar-refractivity contribution in [3.63, 3.8) is 0 Å². The minimum Gasteiger partial charge on any atom is -0.396 e. The second-order valence-corrected chi connectivity index (χ2v) is 6.83. The molecule has 5 heteroatoms. The lowest BCUT2D eigenvalue weighted by molar-refractivity contribution is 0.203. The van der Waals surface area contributed by atoms with Crippen LogP contribution in [0, 0.1) is 5.92 Å². The Morgan fingerprint density at radius 3 is 2.54 bits per heavy atom. The third kappa shape index (κ3) is 4.16. The molecule has 0 spiro atoms. The molecule has 1 saturated heterocycles. The summed E-state index contributed by atoms with van der Waals surface area (Å²) in [6.07, 6.45) is 6.14. The van der Waals surface area contributed by atoms with Crippen molar-refractivity contribution in [3.8, 4) is 0 Å². The summed E-state index contributed by atoms with van der Waals surface area (Å²) < 4.78 is 1.84. The van der Waals surface area contributed by atoms with Gasteiger partial charge in [0.15, 0.2) is 0 Å². The van der Waals surface area contributed by atoms with E-state index in [0.717, 1.165) is 32.5 Å². The molecule has 0 saturated carbocycles. The molecule has 1 aliphatic heterocycles. The van der Waals surface area contributed by atoms with Crippen LogP contribution in [0.15, 0.2) is 36.7 Å². The van der Waals surface area contributed by atoms with Crippen molar-refractivity contribution in [2.75, 3.05) is 24.6 Å². The van der Waals surface area contributed by atoms with Crippen molar-refractivity contribution in [2.24, 2.45) is 13.0 Å². The molecular formula is C19H28N4O. The first-order valence-electron chi connectivity index (χ1n) is 8.82. The van der Waals surface area contributed by atoms with E-state index in [9.17, 15) is 5.11 Å². The monoisotopic (exact) mass is 328 g/mol. The number of aromatic nitrogens is 2. The Morgan fingerprint density at radius 1 is 1.25 bits per heavy atom. The number of anilines is 1. The van der Waals surface area contributed by atoms with Gasteiger partial charge in [0.1, 0.15) is 0 Å². The number of nitrogens with zero attached hydrogens (tertiary/aromatic N) is 3. The van der Waals surface area contributed by atoms with Crippen LogP contribution in [0.1, 0.15) is 36.9 Å². The summed E-state index contributed by atoms with van der Waals surface area (Å²) >= 11 is 0. The number of aliphatic hydroxyl groups excluding tert-OH is 1. The van der Waals surface area contributed by atoms with Gasteiger partial charge in [-0.05, 0) is 43.4 Å². The lowest BCUT2D eigenvalue weighted by Gasteiger charge is -2.33. The van der Waals surface area contributed by atoms with Gasteiger partial charge >= 0.3 is 0 Å². The van der Waals surface area contributed by atoms with Crippen LogP contribution >= 0.6 is 0 Å². The zero-order chi connectivity index (χ0) is 16.9. The SMILES string of the molecule is CC(NCc1ccc(N2CCC(CO)CC2)cc1)c1cnn(C)c1. The summed E-state index contributed by atoms with van der Waals surface area (Å²) in [5, 5.41) is 17.0. The maximum atomic E-state index is 9.24. The zero-order valence-electron chi connectivity index (χ0n) is 14.7. The van der Waals surface area contributed by atoms with Crippen molar-refractivity contribution in [1.29, 1.82) is 0 Å². The number of rotatable bonds is 6. The standard InChI is InChI=1S/C19H28N4O/c1-15(18-12-21-22(2)13-18)20-11-16-3-5-19(6-4-16)23-9-7-17(14-24)8-10-23/h3-6,12-13,15,17,20,24H,7-11,14H2,1-2H3. The first-order valence-corrected chi connectivity index (χ1v) is 8.82. The van der Waals surface area contributed by atoms with E-state index >= 15 is 0 Å². The highest BCUT2D eigenvalue weighted by molar-refractivity contribution is 5.48. The van der Waals surface area contributed by atoms with Gasteiger partial charge < -0.3 is 15.3 Å². The molecular weight excluding hydrogens is 300 g/mol. The van der Waals surface area contributed by atoms with E-state index in [1.807, 2.05) is 17.9 Å². The molecule has 0 radical (unpaired) electrons. The van der Waals surface area contributed by atoms with E-state index < -0.39 is 0 Å². The van der Waals surface area contributed by atoms with Crippen molar-refractivity contribution in [1.82, 2.24) is 15.1 Å². The molecule has 5 nitrogen and oxygen atoms in total. The molecule has 1 aromatic carbocycles. The number of benzene rings is 1. The second kappa shape index (κ2) is 7.81. The molecule has 1 atom stereocenters. The molecule has 130 valence electrons. The van der Waals surface area contributed by atoms with Crippen molar-refractivity contribution >= 4 is 5.69 Å². The lowest BCUT2D eigenvalue weighted by Crippen LogP contribution is -2.34. The third-order valence-electron chi connectivity index (χ3n) is 5.01. The third-order valence-corrected chi connectivity index (χ3v) is 5.01. The topological polar surface area (TPSA) is 53.3 Å². The maximum Gasteiger partial charge on any atom is 0.0537 e. The molecule has 2 heterocycles. The molecule has 2 N–H and O–H groups in total. The van der Waals surface area contributed by atoms with Crippen LogP contribution in [0.25, 0.3) is 0 Å². The van der Waals surface area contributed by atoms with Gasteiger partial charge in [0.2, 0.25) is 0 Å². The quantitative estimate of drug-likeness (QED) is 0.855. The number of piperidine rings is 1. The van der Waals surface area contributed by atoms with Gasteiger partial charge in [-0.15, -0.1) is 0 Å². The lowest BCUT2D eigenvalue weighted by atomic mass is 9.97. The molecule has 2 aromatic rings. The van der Waals surface area contributed by atoms with Crippen LogP contribution in [0.5, 0.6) is 0 Å². The van der Waals surface area contributed by atoms with Crippen LogP contribution in [-0.2, 0) is 13.6 Å². The molecule has 1 fully saturated rings. The fourth-order valence-electron chi connectivity index (χ4n) is 3.25. The summed E-state index contributed by atoms with van der Waals surface area (Å²) in [5.41, 5.74) is 3.79. The van der Waals surface area contributed by atoms with E-state index in [-0.39, 0.29) is 6.04 Å². The highest BCUT2D eigenvalue weighted by Gasteiger charge is 2.18. The van der Waals surface area contributed by atoms with Gasteiger partial charge in [0.05, 0.1) is 6.20 Å². The van der Waals surface area contributed by atoms with E-state index in [4.69, 9.17) is 0 Å². The van der Waals surface area contributed by atoms with Crippen LogP contribution in [0.4, 0.5) is 5.69 Å². The van der Waals surface area contributed by atoms with Gasteiger partial charge in [0.25, 0.3) is 0 Å². The highest BCUT2D eigenvalue weighted by atomic mass is 16.3. The minimum atomic E-state index is 0.288. The maximum absolute atomic E-state index is 9.24. The molecule has 3 rings (SSSR count). The van der Waals surface area contributed by atoms with E-state index in [1.54, 1.807) is 0 Å². The summed E-state index contributed by atoms with van der Waals surface area (Å²) in [7, 11) is 1.94. The molecule has 24 heavy (non-hydrogen) atoms. The Kier molecular flexibility index (Phi) is 5.53. The molecule has 1 aromatic heterocycles. The van der Waals surface area contributed by atoms with Gasteiger partial charge in [-0.25, -0.2) is 0 Å². The molecule has 0 amide bonds. The Bertz CT molecular complexity index is 629. The fraction of sp³-hybridized carbons (Fsp3) is 0.526. The van der Waals surface area contributed by atoms with Gasteiger partial charge in [0, 0.05) is 56.8 Å². The van der Waals surface area contributed by atoms with E-state index in [0.29, 0.717) is 12.5 Å². The smallest absolute Gasteiger partial charge is 0.0537 e. The number of aliphatic hydroxyl groups is 1. The average molecular weight is 328 g/mol. The van der Waals surface area contributed by atoms with Crippen LogP contribution in [-0.4, -0.2) is 34.6 Å². The Labute approximate surface area is 144 Å². The summed E-state index contributed by atoms with van der Waals surface area (Å²) in [6, 6.07) is 9.12. The average Bonchev–Trinajstić information content (AvgIpc) is 3.07. The van der Waals surface area contributed by atoms with Gasteiger partial charge in [-0.3, -0.25) is 4.68 Å². The van der Waals surface area contributed by atoms with Crippen molar-refractivity contribution < 1.29 is 5.11 Å². The van der Waals surface area contributed by atoms with Crippen LogP contribution in [0.2, 0.25) is 0 Å². The fourth-order valence-corrected chi connectivity index (χ4v) is 3.25. The first-order chi connectivity index (χ1) is 11.7. The predicted molar refractivity (Wildman–Crippen MR) is 96.9 cm³/mol. The largest absolute Gasteiger partial charge is 0.396 e. The number of hydrogen-bond donors (Lipinski definition) is 2. The first kappa shape index (κ1) is 17.0. The number of aryl methyl sites for hydroxylation is 1.